The van der Waals surface area contributed by atoms with Crippen molar-refractivity contribution in [1.82, 2.24) is 5.32 Å². The van der Waals surface area contributed by atoms with Crippen LogP contribution in [0.25, 0.3) is 0 Å². The molecule has 2 aromatic rings. The normalized spacial score (nSPS) is 16.8. The third-order valence-corrected chi connectivity index (χ3v) is 5.25. The standard InChI is InChI=1S/C20H19ClN2O4S/c1-13(15-4-6-16(21)7-5-15)23-27-11-10-26-17-8-2-14(3-9-17)12-18-19(24)22-20(25)28-18/h2-9,18H,10-12H2,1H3,(H,22,24,25)/b23-13-. The lowest BCUT2D eigenvalue weighted by atomic mass is 10.1. The Morgan fingerprint density at radius 2 is 1.82 bits per heavy atom. The molecule has 8 heteroatoms. The summed E-state index contributed by atoms with van der Waals surface area (Å²) in [6, 6.07) is 14.8. The van der Waals surface area contributed by atoms with Crippen LogP contribution in [0.1, 0.15) is 18.1 Å². The number of thioether (sulfide) groups is 1. The lowest BCUT2D eigenvalue weighted by molar-refractivity contribution is -0.118. The van der Waals surface area contributed by atoms with Gasteiger partial charge in [0.25, 0.3) is 5.24 Å². The first-order chi connectivity index (χ1) is 13.5. The number of hydrogen-bond acceptors (Lipinski definition) is 6. The number of nitrogens with one attached hydrogen (secondary N) is 1. The molecule has 2 aromatic carbocycles. The zero-order chi connectivity index (χ0) is 19.9. The monoisotopic (exact) mass is 418 g/mol. The average molecular weight is 419 g/mol. The molecule has 0 spiro atoms. The van der Waals surface area contributed by atoms with Crippen LogP contribution in [0, 0.1) is 0 Å². The SMILES string of the molecule is C/C(=N/OCCOc1ccc(CC2SC(=O)NC2=O)cc1)c1ccc(Cl)cc1. The van der Waals surface area contributed by atoms with Crippen molar-refractivity contribution in [2.45, 2.75) is 18.6 Å². The Kier molecular flexibility index (Phi) is 6.95. The van der Waals surface area contributed by atoms with E-state index in [1.807, 2.05) is 43.3 Å². The molecule has 1 unspecified atom stereocenters. The van der Waals surface area contributed by atoms with Gasteiger partial charge in [0.15, 0.2) is 6.61 Å². The summed E-state index contributed by atoms with van der Waals surface area (Å²) in [7, 11) is 0. The number of benzene rings is 2. The summed E-state index contributed by atoms with van der Waals surface area (Å²) in [5.41, 5.74) is 2.67. The average Bonchev–Trinajstić information content (AvgIpc) is 3.00. The number of amides is 2. The van der Waals surface area contributed by atoms with Crippen LogP contribution in [0.4, 0.5) is 4.79 Å². The van der Waals surface area contributed by atoms with E-state index in [1.54, 1.807) is 12.1 Å². The van der Waals surface area contributed by atoms with E-state index < -0.39 is 0 Å². The molecule has 1 aliphatic rings. The van der Waals surface area contributed by atoms with Gasteiger partial charge < -0.3 is 9.57 Å². The quantitative estimate of drug-likeness (QED) is 0.397. The van der Waals surface area contributed by atoms with Crippen molar-refractivity contribution in [3.05, 3.63) is 64.7 Å². The molecular formula is C20H19ClN2O4S. The molecule has 1 heterocycles. The fourth-order valence-electron chi connectivity index (χ4n) is 2.55. The molecule has 0 bridgehead atoms. The number of ether oxygens (including phenoxy) is 1. The predicted octanol–water partition coefficient (Wildman–Crippen LogP) is 4.05. The largest absolute Gasteiger partial charge is 0.490 e. The van der Waals surface area contributed by atoms with Gasteiger partial charge in [0.2, 0.25) is 5.91 Å². The second kappa shape index (κ2) is 9.61. The molecule has 1 atom stereocenters. The molecule has 0 radical (unpaired) electrons. The highest BCUT2D eigenvalue weighted by atomic mass is 35.5. The van der Waals surface area contributed by atoms with E-state index >= 15 is 0 Å². The van der Waals surface area contributed by atoms with E-state index in [0.717, 1.165) is 28.6 Å². The minimum atomic E-state index is -0.366. The number of oxime groups is 1. The van der Waals surface area contributed by atoms with Crippen LogP contribution >= 0.6 is 23.4 Å². The molecule has 0 saturated carbocycles. The Hall–Kier alpha value is -2.51. The highest BCUT2D eigenvalue weighted by molar-refractivity contribution is 8.15. The molecule has 146 valence electrons. The fourth-order valence-corrected chi connectivity index (χ4v) is 3.53. The van der Waals surface area contributed by atoms with E-state index in [2.05, 4.69) is 10.5 Å². The minimum Gasteiger partial charge on any atom is -0.490 e. The number of halogens is 1. The van der Waals surface area contributed by atoms with Gasteiger partial charge in [0, 0.05) is 5.02 Å². The van der Waals surface area contributed by atoms with Crippen molar-refractivity contribution in [2.24, 2.45) is 5.16 Å². The second-order valence-electron chi connectivity index (χ2n) is 6.10. The van der Waals surface area contributed by atoms with Crippen molar-refractivity contribution in [3.63, 3.8) is 0 Å². The van der Waals surface area contributed by atoms with Crippen molar-refractivity contribution >= 4 is 40.2 Å². The van der Waals surface area contributed by atoms with Crippen LogP contribution in [-0.2, 0) is 16.1 Å². The van der Waals surface area contributed by atoms with Crippen LogP contribution in [0.3, 0.4) is 0 Å². The first-order valence-corrected chi connectivity index (χ1v) is 9.93. The topological polar surface area (TPSA) is 77.0 Å². The van der Waals surface area contributed by atoms with E-state index in [4.69, 9.17) is 21.2 Å². The number of nitrogens with zero attached hydrogens (tertiary/aromatic N) is 1. The smallest absolute Gasteiger partial charge is 0.286 e. The maximum atomic E-state index is 11.6. The number of carbonyl (C=O) groups excluding carboxylic acids is 2. The van der Waals surface area contributed by atoms with Crippen LogP contribution in [0.2, 0.25) is 5.02 Å². The van der Waals surface area contributed by atoms with Crippen LogP contribution in [0.5, 0.6) is 5.75 Å². The number of hydrogen-bond donors (Lipinski definition) is 1. The summed E-state index contributed by atoms with van der Waals surface area (Å²) in [6.45, 7) is 2.53. The van der Waals surface area contributed by atoms with E-state index in [1.165, 1.54) is 0 Å². The lowest BCUT2D eigenvalue weighted by Gasteiger charge is -2.08. The number of carbonyl (C=O) groups is 2. The van der Waals surface area contributed by atoms with Gasteiger partial charge in [-0.1, -0.05) is 52.8 Å². The first-order valence-electron chi connectivity index (χ1n) is 8.67. The molecule has 1 N–H and O–H groups in total. The molecule has 1 saturated heterocycles. The van der Waals surface area contributed by atoms with Gasteiger partial charge in [-0.15, -0.1) is 0 Å². The van der Waals surface area contributed by atoms with E-state index in [9.17, 15) is 9.59 Å². The molecule has 6 nitrogen and oxygen atoms in total. The molecule has 28 heavy (non-hydrogen) atoms. The van der Waals surface area contributed by atoms with Crippen molar-refractivity contribution in [2.75, 3.05) is 13.2 Å². The third kappa shape index (κ3) is 5.74. The fraction of sp³-hybridized carbons (Fsp3) is 0.250. The molecule has 1 aliphatic heterocycles. The van der Waals surface area contributed by atoms with Crippen LogP contribution in [0.15, 0.2) is 53.7 Å². The van der Waals surface area contributed by atoms with Crippen molar-refractivity contribution < 1.29 is 19.2 Å². The summed E-state index contributed by atoms with van der Waals surface area (Å²) >= 11 is 6.89. The van der Waals surface area contributed by atoms with Gasteiger partial charge in [-0.25, -0.2) is 0 Å². The van der Waals surface area contributed by atoms with E-state index in [0.29, 0.717) is 30.4 Å². The maximum Gasteiger partial charge on any atom is 0.286 e. The number of rotatable bonds is 8. The summed E-state index contributed by atoms with van der Waals surface area (Å²) in [4.78, 5) is 28.1. The molecule has 2 amide bonds. The minimum absolute atomic E-state index is 0.234. The summed E-state index contributed by atoms with van der Waals surface area (Å²) in [5, 5.41) is 6.38. The van der Waals surface area contributed by atoms with Crippen molar-refractivity contribution in [1.29, 1.82) is 0 Å². The number of imide groups is 1. The molecule has 0 aromatic heterocycles. The van der Waals surface area contributed by atoms with Gasteiger partial charge in [-0.3, -0.25) is 14.9 Å². The van der Waals surface area contributed by atoms with Gasteiger partial charge >= 0.3 is 0 Å². The first kappa shape index (κ1) is 20.2. The van der Waals surface area contributed by atoms with Gasteiger partial charge in [-0.05, 0) is 48.7 Å². The molecular weight excluding hydrogens is 400 g/mol. The highest BCUT2D eigenvalue weighted by Crippen LogP contribution is 2.23. The van der Waals surface area contributed by atoms with Crippen LogP contribution < -0.4 is 10.1 Å². The Morgan fingerprint density at radius 1 is 1.11 bits per heavy atom. The lowest BCUT2D eigenvalue weighted by Crippen LogP contribution is -2.25. The Balaban J connectivity index is 1.40. The Morgan fingerprint density at radius 3 is 2.46 bits per heavy atom. The molecule has 0 aliphatic carbocycles. The van der Waals surface area contributed by atoms with E-state index in [-0.39, 0.29) is 16.4 Å². The Bertz CT molecular complexity index is 869. The van der Waals surface area contributed by atoms with Crippen LogP contribution in [-0.4, -0.2) is 35.3 Å². The zero-order valence-electron chi connectivity index (χ0n) is 15.2. The summed E-state index contributed by atoms with van der Waals surface area (Å²) in [5.74, 6) is 0.465. The summed E-state index contributed by atoms with van der Waals surface area (Å²) in [6.07, 6.45) is 0.504. The summed E-state index contributed by atoms with van der Waals surface area (Å²) < 4.78 is 5.62. The van der Waals surface area contributed by atoms with Gasteiger partial charge in [0.05, 0.1) is 11.0 Å². The predicted molar refractivity (Wildman–Crippen MR) is 110 cm³/mol. The Labute approximate surface area is 172 Å². The highest BCUT2D eigenvalue weighted by Gasteiger charge is 2.31. The van der Waals surface area contributed by atoms with Gasteiger partial charge in [-0.2, -0.15) is 0 Å². The maximum absolute atomic E-state index is 11.6. The second-order valence-corrected chi connectivity index (χ2v) is 7.71. The molecule has 3 rings (SSSR count). The van der Waals surface area contributed by atoms with Crippen molar-refractivity contribution in [3.8, 4) is 5.75 Å². The van der Waals surface area contributed by atoms with Gasteiger partial charge in [0.1, 0.15) is 12.4 Å². The molecule has 1 fully saturated rings. The third-order valence-electron chi connectivity index (χ3n) is 4.02. The zero-order valence-corrected chi connectivity index (χ0v) is 16.8.